The van der Waals surface area contributed by atoms with Crippen LogP contribution in [-0.2, 0) is 0 Å². The third kappa shape index (κ3) is 4.97. The van der Waals surface area contributed by atoms with Crippen molar-refractivity contribution in [1.82, 2.24) is 0 Å². The smallest absolute Gasteiger partial charge is 0.133 e. The Morgan fingerprint density at radius 2 is 2.27 bits per heavy atom. The number of hydrogen-bond acceptors (Lipinski definition) is 1. The van der Waals surface area contributed by atoms with Crippen molar-refractivity contribution in [2.45, 2.75) is 13.3 Å². The Balaban J connectivity index is 4.23. The summed E-state index contributed by atoms with van der Waals surface area (Å²) in [4.78, 5) is 0. The summed E-state index contributed by atoms with van der Waals surface area (Å²) in [5.74, 6) is 0.905. The van der Waals surface area contributed by atoms with Gasteiger partial charge in [0.05, 0.1) is 0 Å². The van der Waals surface area contributed by atoms with Crippen LogP contribution in [-0.4, -0.2) is 13.6 Å². The molecule has 0 amide bonds. The summed E-state index contributed by atoms with van der Waals surface area (Å²) in [6, 6.07) is 0. The summed E-state index contributed by atoms with van der Waals surface area (Å²) in [6.45, 7) is 5.74. The standard InChI is InChI=1S/C9H15BS/c1-3-4-5-9(6-7-11)8(2)10/h3-5,11H,1,6-7,10H2,2H3/b5-4-,9-8-. The van der Waals surface area contributed by atoms with Gasteiger partial charge in [0.25, 0.3) is 0 Å². The lowest BCUT2D eigenvalue weighted by Gasteiger charge is -2.01. The van der Waals surface area contributed by atoms with Gasteiger partial charge in [-0.15, -0.1) is 5.47 Å². The van der Waals surface area contributed by atoms with Crippen LogP contribution >= 0.6 is 12.6 Å². The van der Waals surface area contributed by atoms with Gasteiger partial charge in [-0.1, -0.05) is 37.3 Å². The molecule has 0 fully saturated rings. The predicted octanol–water partition coefficient (Wildman–Crippen LogP) is 1.96. The topological polar surface area (TPSA) is 0 Å². The summed E-state index contributed by atoms with van der Waals surface area (Å²) >= 11 is 4.18. The van der Waals surface area contributed by atoms with E-state index < -0.39 is 0 Å². The number of allylic oxidation sites excluding steroid dienone is 5. The Labute approximate surface area is 75.9 Å². The van der Waals surface area contributed by atoms with E-state index in [0.29, 0.717) is 0 Å². The fourth-order valence-corrected chi connectivity index (χ4v) is 1.05. The van der Waals surface area contributed by atoms with E-state index in [1.54, 1.807) is 6.08 Å². The van der Waals surface area contributed by atoms with E-state index in [1.165, 1.54) is 11.0 Å². The molecule has 0 saturated heterocycles. The maximum absolute atomic E-state index is 4.18. The molecule has 0 spiro atoms. The zero-order valence-electron chi connectivity index (χ0n) is 7.30. The van der Waals surface area contributed by atoms with E-state index in [0.717, 1.165) is 12.2 Å². The second-order valence-corrected chi connectivity index (χ2v) is 3.04. The van der Waals surface area contributed by atoms with Crippen LogP contribution in [0.3, 0.4) is 0 Å². The van der Waals surface area contributed by atoms with Crippen molar-refractivity contribution < 1.29 is 0 Å². The SMILES string of the molecule is B/C(C)=C(/C=C\C=C)CCS. The van der Waals surface area contributed by atoms with Crippen LogP contribution in [0.5, 0.6) is 0 Å². The van der Waals surface area contributed by atoms with Crippen molar-refractivity contribution in [1.29, 1.82) is 0 Å². The normalized spacial score (nSPS) is 13.3. The molecule has 0 saturated carbocycles. The predicted molar refractivity (Wildman–Crippen MR) is 59.1 cm³/mol. The lowest BCUT2D eigenvalue weighted by Crippen LogP contribution is -1.86. The highest BCUT2D eigenvalue weighted by molar-refractivity contribution is 7.80. The molecule has 0 unspecified atom stereocenters. The van der Waals surface area contributed by atoms with Crippen molar-refractivity contribution in [2.75, 3.05) is 5.75 Å². The van der Waals surface area contributed by atoms with E-state index in [1.807, 2.05) is 6.08 Å². The molecule has 2 heteroatoms. The number of hydrogen-bond donors (Lipinski definition) is 1. The fourth-order valence-electron chi connectivity index (χ4n) is 0.805. The average Bonchev–Trinajstić information content (AvgIpc) is 1.97. The Kier molecular flexibility index (Phi) is 6.14. The van der Waals surface area contributed by atoms with Crippen LogP contribution in [0.25, 0.3) is 0 Å². The van der Waals surface area contributed by atoms with Crippen LogP contribution in [0.4, 0.5) is 0 Å². The minimum atomic E-state index is 0.905. The minimum absolute atomic E-state index is 0.905. The van der Waals surface area contributed by atoms with Gasteiger partial charge in [0.1, 0.15) is 7.85 Å². The summed E-state index contributed by atoms with van der Waals surface area (Å²) < 4.78 is 0. The monoisotopic (exact) mass is 166 g/mol. The molecule has 0 aromatic rings. The van der Waals surface area contributed by atoms with E-state index in [-0.39, 0.29) is 0 Å². The minimum Gasteiger partial charge on any atom is -0.179 e. The zero-order chi connectivity index (χ0) is 8.69. The van der Waals surface area contributed by atoms with E-state index >= 15 is 0 Å². The Morgan fingerprint density at radius 3 is 2.64 bits per heavy atom. The molecule has 0 aromatic carbocycles. The molecular weight excluding hydrogens is 151 g/mol. The molecule has 60 valence electrons. The first-order valence-electron chi connectivity index (χ1n) is 3.78. The van der Waals surface area contributed by atoms with Crippen molar-refractivity contribution >= 4 is 20.5 Å². The van der Waals surface area contributed by atoms with Crippen molar-refractivity contribution in [2.24, 2.45) is 0 Å². The molecule has 0 heterocycles. The second-order valence-electron chi connectivity index (χ2n) is 2.59. The number of rotatable bonds is 4. The lowest BCUT2D eigenvalue weighted by atomic mass is 9.90. The first-order chi connectivity index (χ1) is 5.22. The summed E-state index contributed by atoms with van der Waals surface area (Å²) in [5, 5.41) is 0. The first kappa shape index (κ1) is 10.6. The maximum atomic E-state index is 4.18. The van der Waals surface area contributed by atoms with Crippen molar-refractivity contribution in [3.05, 3.63) is 35.9 Å². The van der Waals surface area contributed by atoms with Crippen LogP contribution in [0.2, 0.25) is 0 Å². The van der Waals surface area contributed by atoms with Gasteiger partial charge in [-0.05, 0) is 12.2 Å². The quantitative estimate of drug-likeness (QED) is 0.368. The van der Waals surface area contributed by atoms with Crippen LogP contribution in [0.1, 0.15) is 13.3 Å². The molecule has 0 aliphatic carbocycles. The molecule has 0 radical (unpaired) electrons. The summed E-state index contributed by atoms with van der Waals surface area (Å²) in [5.41, 5.74) is 2.72. The molecule has 0 aromatic heterocycles. The highest BCUT2D eigenvalue weighted by Gasteiger charge is 1.91. The molecule has 0 N–H and O–H groups in total. The van der Waals surface area contributed by atoms with Crippen molar-refractivity contribution in [3.8, 4) is 0 Å². The van der Waals surface area contributed by atoms with Gasteiger partial charge in [0, 0.05) is 0 Å². The van der Waals surface area contributed by atoms with Gasteiger partial charge in [-0.2, -0.15) is 12.6 Å². The highest BCUT2D eigenvalue weighted by Crippen LogP contribution is 2.08. The zero-order valence-corrected chi connectivity index (χ0v) is 8.20. The van der Waals surface area contributed by atoms with Crippen LogP contribution in [0, 0.1) is 0 Å². The molecule has 0 rings (SSSR count). The van der Waals surface area contributed by atoms with E-state index in [2.05, 4.69) is 40.1 Å². The molecular formula is C9H15BS. The van der Waals surface area contributed by atoms with E-state index in [9.17, 15) is 0 Å². The summed E-state index contributed by atoms with van der Waals surface area (Å²) in [6.07, 6.45) is 6.89. The molecule has 0 atom stereocenters. The van der Waals surface area contributed by atoms with Crippen molar-refractivity contribution in [3.63, 3.8) is 0 Å². The fraction of sp³-hybridized carbons (Fsp3) is 0.333. The van der Waals surface area contributed by atoms with Gasteiger partial charge in [0.15, 0.2) is 0 Å². The van der Waals surface area contributed by atoms with Crippen LogP contribution in [0.15, 0.2) is 35.9 Å². The highest BCUT2D eigenvalue weighted by atomic mass is 32.1. The Hall–Kier alpha value is -0.365. The molecule has 0 nitrogen and oxygen atoms in total. The molecule has 0 bridgehead atoms. The molecule has 0 aliphatic heterocycles. The molecule has 11 heavy (non-hydrogen) atoms. The lowest BCUT2D eigenvalue weighted by molar-refractivity contribution is 1.15. The van der Waals surface area contributed by atoms with E-state index in [4.69, 9.17) is 0 Å². The summed E-state index contributed by atoms with van der Waals surface area (Å²) in [7, 11) is 2.12. The third-order valence-corrected chi connectivity index (χ3v) is 1.68. The van der Waals surface area contributed by atoms with Gasteiger partial charge >= 0.3 is 0 Å². The third-order valence-electron chi connectivity index (χ3n) is 1.46. The largest absolute Gasteiger partial charge is 0.179 e. The molecule has 0 aliphatic rings. The number of thiol groups is 1. The maximum Gasteiger partial charge on any atom is 0.133 e. The van der Waals surface area contributed by atoms with Gasteiger partial charge in [-0.25, -0.2) is 0 Å². The Bertz CT molecular complexity index is 176. The second kappa shape index (κ2) is 6.35. The first-order valence-corrected chi connectivity index (χ1v) is 4.42. The average molecular weight is 166 g/mol. The van der Waals surface area contributed by atoms with Gasteiger partial charge < -0.3 is 0 Å². The van der Waals surface area contributed by atoms with Gasteiger partial charge in [0.2, 0.25) is 0 Å². The van der Waals surface area contributed by atoms with Gasteiger partial charge in [-0.3, -0.25) is 0 Å². The Morgan fingerprint density at radius 1 is 1.64 bits per heavy atom. The van der Waals surface area contributed by atoms with Crippen LogP contribution < -0.4 is 0 Å².